The second-order valence-electron chi connectivity index (χ2n) is 6.66. The fourth-order valence-electron chi connectivity index (χ4n) is 3.03. The van der Waals surface area contributed by atoms with Crippen LogP contribution in [0.15, 0.2) is 36.4 Å². The Bertz CT molecular complexity index is 678. The third kappa shape index (κ3) is 3.21. The van der Waals surface area contributed by atoms with Gasteiger partial charge in [0.1, 0.15) is 4.34 Å². The van der Waals surface area contributed by atoms with Crippen molar-refractivity contribution in [3.63, 3.8) is 0 Å². The van der Waals surface area contributed by atoms with E-state index in [1.807, 2.05) is 41.3 Å². The second-order valence-corrected chi connectivity index (χ2v) is 8.31. The van der Waals surface area contributed by atoms with Crippen molar-refractivity contribution in [1.29, 1.82) is 0 Å². The molecule has 1 aliphatic heterocycles. The van der Waals surface area contributed by atoms with Gasteiger partial charge in [0.25, 0.3) is 5.91 Å². The van der Waals surface area contributed by atoms with Crippen molar-refractivity contribution >= 4 is 28.8 Å². The molecular formula is C18H20ClNOS. The van der Waals surface area contributed by atoms with Crippen molar-refractivity contribution in [2.45, 2.75) is 26.7 Å². The van der Waals surface area contributed by atoms with Gasteiger partial charge in [0.05, 0.1) is 5.56 Å². The van der Waals surface area contributed by atoms with E-state index in [1.165, 1.54) is 17.8 Å². The van der Waals surface area contributed by atoms with Gasteiger partial charge in [-0.25, -0.2) is 0 Å². The third-order valence-electron chi connectivity index (χ3n) is 4.16. The van der Waals surface area contributed by atoms with E-state index >= 15 is 0 Å². The second kappa shape index (κ2) is 6.05. The Morgan fingerprint density at radius 3 is 2.68 bits per heavy atom. The molecule has 4 heteroatoms. The summed E-state index contributed by atoms with van der Waals surface area (Å²) in [4.78, 5) is 15.8. The molecule has 1 fully saturated rings. The summed E-state index contributed by atoms with van der Waals surface area (Å²) in [5, 5.41) is 0. The summed E-state index contributed by atoms with van der Waals surface area (Å²) in [6.07, 6.45) is 2.23. The van der Waals surface area contributed by atoms with Gasteiger partial charge in [-0.2, -0.15) is 0 Å². The number of piperidine rings is 1. The number of nitrogens with zero attached hydrogens (tertiary/aromatic N) is 1. The minimum Gasteiger partial charge on any atom is -0.338 e. The van der Waals surface area contributed by atoms with Crippen LogP contribution in [0.25, 0.3) is 10.4 Å². The van der Waals surface area contributed by atoms with E-state index in [1.54, 1.807) is 0 Å². The van der Waals surface area contributed by atoms with Crippen LogP contribution in [0.1, 0.15) is 37.0 Å². The first-order chi connectivity index (χ1) is 10.5. The molecule has 1 saturated heterocycles. The number of rotatable bonds is 2. The fourth-order valence-corrected chi connectivity index (χ4v) is 4.29. The molecule has 116 valence electrons. The van der Waals surface area contributed by atoms with Gasteiger partial charge in [-0.05, 0) is 29.9 Å². The average molecular weight is 334 g/mol. The predicted octanol–water partition coefficient (Wildman–Crippen LogP) is 5.33. The molecule has 1 aromatic carbocycles. The molecule has 0 unspecified atom stereocenters. The number of halogens is 1. The largest absolute Gasteiger partial charge is 0.338 e. The fraction of sp³-hybridized carbons (Fsp3) is 0.389. The lowest BCUT2D eigenvalue weighted by Gasteiger charge is -2.38. The average Bonchev–Trinajstić information content (AvgIpc) is 2.88. The zero-order valence-electron chi connectivity index (χ0n) is 12.9. The monoisotopic (exact) mass is 333 g/mol. The van der Waals surface area contributed by atoms with Gasteiger partial charge in [0, 0.05) is 18.0 Å². The van der Waals surface area contributed by atoms with Gasteiger partial charge in [-0.15, -0.1) is 11.3 Å². The molecule has 3 rings (SSSR count). The van der Waals surface area contributed by atoms with Gasteiger partial charge in [-0.3, -0.25) is 4.79 Å². The van der Waals surface area contributed by atoms with E-state index in [0.29, 0.717) is 9.90 Å². The minimum atomic E-state index is 0.0659. The molecule has 2 aromatic rings. The van der Waals surface area contributed by atoms with Crippen LogP contribution in [-0.4, -0.2) is 23.9 Å². The molecule has 2 nitrogen and oxygen atoms in total. The van der Waals surface area contributed by atoms with Crippen molar-refractivity contribution in [3.05, 3.63) is 46.3 Å². The topological polar surface area (TPSA) is 20.3 Å². The Morgan fingerprint density at radius 2 is 2.00 bits per heavy atom. The molecule has 0 atom stereocenters. The summed E-state index contributed by atoms with van der Waals surface area (Å²) in [5.74, 6) is 0.0659. The SMILES string of the molecule is CC1(C)CCCN(C(=O)c2cc(-c3ccccc3)sc2Cl)C1. The van der Waals surface area contributed by atoms with Gasteiger partial charge in [-0.1, -0.05) is 55.8 Å². The number of amides is 1. The number of carbonyl (C=O) groups is 1. The lowest BCUT2D eigenvalue weighted by atomic mass is 9.84. The van der Waals surface area contributed by atoms with Crippen LogP contribution in [-0.2, 0) is 0 Å². The lowest BCUT2D eigenvalue weighted by molar-refractivity contribution is 0.0584. The van der Waals surface area contributed by atoms with E-state index in [9.17, 15) is 4.79 Å². The number of carbonyl (C=O) groups excluding carboxylic acids is 1. The van der Waals surface area contributed by atoms with Crippen LogP contribution in [0, 0.1) is 5.41 Å². The number of thiophene rings is 1. The molecule has 0 saturated carbocycles. The molecule has 1 aliphatic rings. The van der Waals surface area contributed by atoms with Crippen molar-refractivity contribution in [2.75, 3.05) is 13.1 Å². The zero-order chi connectivity index (χ0) is 15.7. The predicted molar refractivity (Wildman–Crippen MR) is 93.7 cm³/mol. The maximum absolute atomic E-state index is 12.8. The van der Waals surface area contributed by atoms with E-state index < -0.39 is 0 Å². The molecular weight excluding hydrogens is 314 g/mol. The highest BCUT2D eigenvalue weighted by molar-refractivity contribution is 7.19. The summed E-state index contributed by atoms with van der Waals surface area (Å²) in [6, 6.07) is 12.0. The zero-order valence-corrected chi connectivity index (χ0v) is 14.5. The maximum atomic E-state index is 12.8. The molecule has 0 aliphatic carbocycles. The molecule has 0 spiro atoms. The molecule has 2 heterocycles. The third-order valence-corrected chi connectivity index (χ3v) is 5.57. The quantitative estimate of drug-likeness (QED) is 0.727. The Morgan fingerprint density at radius 1 is 1.27 bits per heavy atom. The molecule has 22 heavy (non-hydrogen) atoms. The molecule has 0 N–H and O–H groups in total. The standard InChI is InChI=1S/C18H20ClNOS/c1-18(2)9-6-10-20(12-18)17(21)14-11-15(22-16(14)19)13-7-4-3-5-8-13/h3-5,7-8,11H,6,9-10,12H2,1-2H3. The normalized spacial score (nSPS) is 17.5. The summed E-state index contributed by atoms with van der Waals surface area (Å²) >= 11 is 7.83. The number of hydrogen-bond donors (Lipinski definition) is 0. The van der Waals surface area contributed by atoms with Gasteiger partial charge in [0.2, 0.25) is 0 Å². The molecule has 0 radical (unpaired) electrons. The number of likely N-dealkylation sites (tertiary alicyclic amines) is 1. The Hall–Kier alpha value is -1.32. The van der Waals surface area contributed by atoms with Crippen LogP contribution in [0.3, 0.4) is 0 Å². The Labute approximate surface area is 140 Å². The van der Waals surface area contributed by atoms with E-state index in [-0.39, 0.29) is 11.3 Å². The first-order valence-corrected chi connectivity index (χ1v) is 8.80. The minimum absolute atomic E-state index is 0.0659. The molecule has 1 aromatic heterocycles. The van der Waals surface area contributed by atoms with Crippen molar-refractivity contribution in [3.8, 4) is 10.4 Å². The number of hydrogen-bond acceptors (Lipinski definition) is 2. The van der Waals surface area contributed by atoms with Crippen molar-refractivity contribution in [2.24, 2.45) is 5.41 Å². The van der Waals surface area contributed by atoms with Gasteiger partial charge >= 0.3 is 0 Å². The summed E-state index contributed by atoms with van der Waals surface area (Å²) in [7, 11) is 0. The summed E-state index contributed by atoms with van der Waals surface area (Å²) in [5.41, 5.74) is 1.94. The van der Waals surface area contributed by atoms with Crippen molar-refractivity contribution in [1.82, 2.24) is 4.90 Å². The summed E-state index contributed by atoms with van der Waals surface area (Å²) in [6.45, 7) is 6.07. The summed E-state index contributed by atoms with van der Waals surface area (Å²) < 4.78 is 0.590. The van der Waals surface area contributed by atoms with E-state index in [0.717, 1.165) is 30.0 Å². The highest BCUT2D eigenvalue weighted by atomic mass is 35.5. The van der Waals surface area contributed by atoms with Gasteiger partial charge < -0.3 is 4.90 Å². The van der Waals surface area contributed by atoms with Crippen LogP contribution in [0.4, 0.5) is 0 Å². The molecule has 1 amide bonds. The van der Waals surface area contributed by atoms with Crippen LogP contribution in [0.2, 0.25) is 4.34 Å². The van der Waals surface area contributed by atoms with Gasteiger partial charge in [0.15, 0.2) is 0 Å². The van der Waals surface area contributed by atoms with Crippen molar-refractivity contribution < 1.29 is 4.79 Å². The number of benzene rings is 1. The maximum Gasteiger partial charge on any atom is 0.256 e. The Balaban J connectivity index is 1.86. The Kier molecular flexibility index (Phi) is 4.28. The first-order valence-electron chi connectivity index (χ1n) is 7.60. The van der Waals surface area contributed by atoms with Crippen LogP contribution < -0.4 is 0 Å². The van der Waals surface area contributed by atoms with Crippen LogP contribution >= 0.6 is 22.9 Å². The highest BCUT2D eigenvalue weighted by Crippen LogP contribution is 2.37. The van der Waals surface area contributed by atoms with Crippen LogP contribution in [0.5, 0.6) is 0 Å². The molecule has 0 bridgehead atoms. The van der Waals surface area contributed by atoms with E-state index in [4.69, 9.17) is 11.6 Å². The highest BCUT2D eigenvalue weighted by Gasteiger charge is 2.31. The van der Waals surface area contributed by atoms with E-state index in [2.05, 4.69) is 13.8 Å². The smallest absolute Gasteiger partial charge is 0.256 e. The first kappa shape index (κ1) is 15.6. The lowest BCUT2D eigenvalue weighted by Crippen LogP contribution is -2.43.